The number of carbonyl (C=O) groups is 1. The van der Waals surface area contributed by atoms with Gasteiger partial charge in [-0.25, -0.2) is 23.1 Å². The van der Waals surface area contributed by atoms with Gasteiger partial charge >= 0.3 is 0 Å². The van der Waals surface area contributed by atoms with Gasteiger partial charge in [0.2, 0.25) is 0 Å². The summed E-state index contributed by atoms with van der Waals surface area (Å²) in [6.45, 7) is 2.19. The molecule has 1 N–H and O–H groups in total. The number of hydrazone groups is 1. The number of nitrogens with one attached hydrogen (secondary N) is 1. The summed E-state index contributed by atoms with van der Waals surface area (Å²) in [6.07, 6.45) is 1.46. The molecule has 0 unspecified atom stereocenters. The number of anilines is 1. The minimum Gasteiger partial charge on any atom is -0.486 e. The summed E-state index contributed by atoms with van der Waals surface area (Å²) in [5.74, 6) is 0.773. The number of hydrogen-bond donors (Lipinski definition) is 1. The van der Waals surface area contributed by atoms with Crippen molar-refractivity contribution in [2.24, 2.45) is 5.10 Å². The zero-order valence-corrected chi connectivity index (χ0v) is 18.7. The highest BCUT2D eigenvalue weighted by Crippen LogP contribution is 2.30. The summed E-state index contributed by atoms with van der Waals surface area (Å²) in [6, 6.07) is 18.1. The molecule has 0 saturated heterocycles. The van der Waals surface area contributed by atoms with Gasteiger partial charge in [-0.1, -0.05) is 24.3 Å². The third kappa shape index (κ3) is 5.12. The zero-order chi connectivity index (χ0) is 23.3. The summed E-state index contributed by atoms with van der Waals surface area (Å²) in [5.41, 5.74) is 3.69. The van der Waals surface area contributed by atoms with E-state index in [0.717, 1.165) is 9.87 Å². The SMILES string of the molecule is C/C(=N/NC(=O)CN(c1ccccn1)S(=O)(=O)c1ccccc1)c1ccc2c(c1)OCCO2. The Morgan fingerprint density at radius 2 is 1.76 bits per heavy atom. The van der Waals surface area contributed by atoms with Crippen LogP contribution in [-0.4, -0.2) is 44.8 Å². The Morgan fingerprint density at radius 3 is 2.48 bits per heavy atom. The van der Waals surface area contributed by atoms with Crippen molar-refractivity contribution in [2.45, 2.75) is 11.8 Å². The van der Waals surface area contributed by atoms with Crippen LogP contribution in [0.2, 0.25) is 0 Å². The number of pyridine rings is 1. The van der Waals surface area contributed by atoms with Crippen molar-refractivity contribution in [3.8, 4) is 11.5 Å². The van der Waals surface area contributed by atoms with E-state index in [-0.39, 0.29) is 10.7 Å². The molecule has 1 amide bonds. The van der Waals surface area contributed by atoms with Crippen molar-refractivity contribution in [3.05, 3.63) is 78.5 Å². The van der Waals surface area contributed by atoms with Crippen LogP contribution in [0.4, 0.5) is 5.82 Å². The van der Waals surface area contributed by atoms with Crippen LogP contribution in [0.3, 0.4) is 0 Å². The largest absolute Gasteiger partial charge is 0.486 e. The standard InChI is InChI=1S/C23H22N4O5S/c1-17(18-10-11-20-21(15-18)32-14-13-31-20)25-26-23(28)16-27(22-9-5-6-12-24-22)33(29,30)19-7-3-2-4-8-19/h2-12,15H,13-14,16H2,1H3,(H,26,28)/b25-17-. The van der Waals surface area contributed by atoms with Gasteiger partial charge in [0.05, 0.1) is 10.6 Å². The number of amides is 1. The first-order valence-corrected chi connectivity index (χ1v) is 11.6. The summed E-state index contributed by atoms with van der Waals surface area (Å²) >= 11 is 0. The first-order chi connectivity index (χ1) is 15.9. The van der Waals surface area contributed by atoms with E-state index in [1.54, 1.807) is 55.5 Å². The van der Waals surface area contributed by atoms with Gasteiger partial charge in [-0.15, -0.1) is 0 Å². The molecule has 10 heteroatoms. The van der Waals surface area contributed by atoms with E-state index in [1.165, 1.54) is 24.4 Å². The second kappa shape index (κ2) is 9.70. The number of ether oxygens (including phenoxy) is 2. The van der Waals surface area contributed by atoms with Crippen LogP contribution >= 0.6 is 0 Å². The molecule has 0 radical (unpaired) electrons. The topological polar surface area (TPSA) is 110 Å². The molecule has 1 aliphatic rings. The Balaban J connectivity index is 1.53. The highest BCUT2D eigenvalue weighted by molar-refractivity contribution is 7.92. The maximum atomic E-state index is 13.2. The van der Waals surface area contributed by atoms with Crippen molar-refractivity contribution in [1.29, 1.82) is 0 Å². The van der Waals surface area contributed by atoms with Crippen LogP contribution in [0.25, 0.3) is 0 Å². The fraction of sp³-hybridized carbons (Fsp3) is 0.174. The Labute approximate surface area is 191 Å². The van der Waals surface area contributed by atoms with Gasteiger partial charge < -0.3 is 9.47 Å². The molecular formula is C23H22N4O5S. The molecule has 170 valence electrons. The van der Waals surface area contributed by atoms with Crippen molar-refractivity contribution in [2.75, 3.05) is 24.1 Å². The quantitative estimate of drug-likeness (QED) is 0.423. The molecule has 0 saturated carbocycles. The third-order valence-corrected chi connectivity index (χ3v) is 6.60. The Morgan fingerprint density at radius 1 is 1.03 bits per heavy atom. The Hall–Kier alpha value is -3.92. The number of sulfonamides is 1. The average molecular weight is 467 g/mol. The smallest absolute Gasteiger partial charge is 0.265 e. The lowest BCUT2D eigenvalue weighted by Gasteiger charge is -2.22. The molecule has 0 fully saturated rings. The van der Waals surface area contributed by atoms with E-state index in [2.05, 4.69) is 15.5 Å². The second-order valence-corrected chi connectivity index (χ2v) is 8.97. The van der Waals surface area contributed by atoms with Gasteiger partial charge in [0.1, 0.15) is 25.6 Å². The van der Waals surface area contributed by atoms with Gasteiger partial charge in [0.25, 0.3) is 15.9 Å². The maximum absolute atomic E-state index is 13.2. The van der Waals surface area contributed by atoms with Gasteiger partial charge in [0.15, 0.2) is 11.5 Å². The van der Waals surface area contributed by atoms with E-state index >= 15 is 0 Å². The molecule has 4 rings (SSSR count). The normalized spacial score (nSPS) is 13.3. The summed E-state index contributed by atoms with van der Waals surface area (Å²) in [4.78, 5) is 16.8. The van der Waals surface area contributed by atoms with E-state index in [4.69, 9.17) is 9.47 Å². The molecule has 2 heterocycles. The Bertz CT molecular complexity index is 1260. The highest BCUT2D eigenvalue weighted by atomic mass is 32.2. The molecule has 0 bridgehead atoms. The van der Waals surface area contributed by atoms with E-state index in [1.807, 2.05) is 0 Å². The predicted molar refractivity (Wildman–Crippen MR) is 123 cm³/mol. The monoisotopic (exact) mass is 466 g/mol. The van der Waals surface area contributed by atoms with E-state index in [0.29, 0.717) is 30.4 Å². The zero-order valence-electron chi connectivity index (χ0n) is 17.8. The molecule has 2 aromatic carbocycles. The summed E-state index contributed by atoms with van der Waals surface area (Å²) < 4.78 is 38.4. The lowest BCUT2D eigenvalue weighted by molar-refractivity contribution is -0.119. The Kier molecular flexibility index (Phi) is 6.55. The highest BCUT2D eigenvalue weighted by Gasteiger charge is 2.28. The van der Waals surface area contributed by atoms with Crippen molar-refractivity contribution < 1.29 is 22.7 Å². The van der Waals surface area contributed by atoms with Crippen LogP contribution in [-0.2, 0) is 14.8 Å². The van der Waals surface area contributed by atoms with Gasteiger partial charge in [-0.3, -0.25) is 4.79 Å². The molecule has 0 aliphatic carbocycles. The number of benzene rings is 2. The lowest BCUT2D eigenvalue weighted by atomic mass is 10.1. The predicted octanol–water partition coefficient (Wildman–Crippen LogP) is 2.59. The van der Waals surface area contributed by atoms with E-state index in [9.17, 15) is 13.2 Å². The van der Waals surface area contributed by atoms with Crippen LogP contribution in [0, 0.1) is 0 Å². The number of aromatic nitrogens is 1. The molecule has 3 aromatic rings. The minimum absolute atomic E-state index is 0.0550. The fourth-order valence-corrected chi connectivity index (χ4v) is 4.55. The van der Waals surface area contributed by atoms with Crippen LogP contribution in [0.1, 0.15) is 12.5 Å². The first-order valence-electron chi connectivity index (χ1n) is 10.2. The molecule has 1 aliphatic heterocycles. The number of nitrogens with zero attached hydrogens (tertiary/aromatic N) is 3. The maximum Gasteiger partial charge on any atom is 0.265 e. The molecule has 9 nitrogen and oxygen atoms in total. The summed E-state index contributed by atoms with van der Waals surface area (Å²) in [7, 11) is -4.02. The van der Waals surface area contributed by atoms with Crippen LogP contribution < -0.4 is 19.2 Å². The van der Waals surface area contributed by atoms with E-state index < -0.39 is 22.5 Å². The molecule has 1 aromatic heterocycles. The number of rotatable bonds is 7. The number of carbonyl (C=O) groups excluding carboxylic acids is 1. The number of fused-ring (bicyclic) bond motifs is 1. The molecule has 0 atom stereocenters. The van der Waals surface area contributed by atoms with Crippen molar-refractivity contribution in [1.82, 2.24) is 10.4 Å². The lowest BCUT2D eigenvalue weighted by Crippen LogP contribution is -2.40. The first kappa shape index (κ1) is 22.3. The van der Waals surface area contributed by atoms with Crippen LogP contribution in [0.15, 0.2) is 82.9 Å². The minimum atomic E-state index is -4.02. The van der Waals surface area contributed by atoms with Crippen LogP contribution in [0.5, 0.6) is 11.5 Å². The molecular weight excluding hydrogens is 444 g/mol. The van der Waals surface area contributed by atoms with Gasteiger partial charge in [0, 0.05) is 11.8 Å². The average Bonchev–Trinajstić information content (AvgIpc) is 2.86. The van der Waals surface area contributed by atoms with Crippen molar-refractivity contribution in [3.63, 3.8) is 0 Å². The number of hydrogen-bond acceptors (Lipinski definition) is 7. The molecule has 0 spiro atoms. The summed E-state index contributed by atoms with van der Waals surface area (Å²) in [5, 5.41) is 4.12. The van der Waals surface area contributed by atoms with Crippen molar-refractivity contribution >= 4 is 27.5 Å². The second-order valence-electron chi connectivity index (χ2n) is 7.10. The van der Waals surface area contributed by atoms with Gasteiger partial charge in [-0.2, -0.15) is 5.10 Å². The fourth-order valence-electron chi connectivity index (χ4n) is 3.16. The third-order valence-electron chi connectivity index (χ3n) is 4.83. The molecule has 33 heavy (non-hydrogen) atoms. The van der Waals surface area contributed by atoms with Gasteiger partial charge in [-0.05, 0) is 49.4 Å².